The van der Waals surface area contributed by atoms with E-state index in [1.165, 1.54) is 55.5 Å². The average molecular weight is 341 g/mol. The Morgan fingerprint density at radius 2 is 1.88 bits per heavy atom. The molecule has 0 saturated heterocycles. The van der Waals surface area contributed by atoms with Gasteiger partial charge < -0.3 is 5.32 Å². The summed E-state index contributed by atoms with van der Waals surface area (Å²) in [6, 6.07) is 7.70. The Hall–Kier alpha value is -1.35. The van der Waals surface area contributed by atoms with Crippen LogP contribution in [0, 0.1) is 11.3 Å². The van der Waals surface area contributed by atoms with Crippen molar-refractivity contribution in [2.75, 3.05) is 13.1 Å². The van der Waals surface area contributed by atoms with E-state index in [9.17, 15) is 4.79 Å². The molecule has 2 fully saturated rings. The number of carbonyl (C=O) groups is 1. The molecule has 3 heteroatoms. The summed E-state index contributed by atoms with van der Waals surface area (Å²) < 4.78 is 0. The van der Waals surface area contributed by atoms with E-state index in [2.05, 4.69) is 42.3 Å². The fraction of sp³-hybridized carbons (Fsp3) is 0.682. The van der Waals surface area contributed by atoms with Gasteiger partial charge in [0.2, 0.25) is 5.91 Å². The van der Waals surface area contributed by atoms with Crippen molar-refractivity contribution < 1.29 is 4.79 Å². The second kappa shape index (κ2) is 6.75. The molecule has 0 spiro atoms. The first-order valence-corrected chi connectivity index (χ1v) is 10.1. The van der Waals surface area contributed by atoms with Crippen LogP contribution >= 0.6 is 0 Å². The van der Waals surface area contributed by atoms with E-state index in [0.29, 0.717) is 12.0 Å². The van der Waals surface area contributed by atoms with Gasteiger partial charge in [0.25, 0.3) is 0 Å². The van der Waals surface area contributed by atoms with Crippen molar-refractivity contribution in [1.29, 1.82) is 0 Å². The van der Waals surface area contributed by atoms with Crippen molar-refractivity contribution >= 4 is 5.91 Å². The molecular weight excluding hydrogens is 308 g/mol. The summed E-state index contributed by atoms with van der Waals surface area (Å²) in [6.07, 6.45) is 8.59. The Kier molecular flexibility index (Phi) is 4.61. The van der Waals surface area contributed by atoms with Gasteiger partial charge in [-0.3, -0.25) is 9.69 Å². The third-order valence-corrected chi connectivity index (χ3v) is 6.63. The lowest BCUT2D eigenvalue weighted by Gasteiger charge is -2.41. The van der Waals surface area contributed by atoms with Gasteiger partial charge in [-0.1, -0.05) is 38.5 Å². The van der Waals surface area contributed by atoms with Gasteiger partial charge >= 0.3 is 0 Å². The number of fused-ring (bicyclic) bond motifs is 1. The van der Waals surface area contributed by atoms with Crippen LogP contribution in [-0.2, 0) is 24.2 Å². The second-order valence-electron chi connectivity index (χ2n) is 9.21. The zero-order valence-corrected chi connectivity index (χ0v) is 15.8. The van der Waals surface area contributed by atoms with Crippen LogP contribution in [0.3, 0.4) is 0 Å². The molecule has 25 heavy (non-hydrogen) atoms. The third-order valence-electron chi connectivity index (χ3n) is 6.63. The van der Waals surface area contributed by atoms with Crippen LogP contribution in [0.15, 0.2) is 18.2 Å². The lowest BCUT2D eigenvalue weighted by atomic mass is 9.64. The summed E-state index contributed by atoms with van der Waals surface area (Å²) in [5.74, 6) is 0.470. The van der Waals surface area contributed by atoms with Crippen molar-refractivity contribution in [2.45, 2.75) is 71.4 Å². The summed E-state index contributed by atoms with van der Waals surface area (Å²) in [5, 5.41) is 3.16. The van der Waals surface area contributed by atoms with Crippen molar-refractivity contribution in [3.8, 4) is 0 Å². The second-order valence-corrected chi connectivity index (χ2v) is 9.21. The molecule has 1 aromatic rings. The average Bonchev–Trinajstić information content (AvgIpc) is 2.71. The zero-order valence-electron chi connectivity index (χ0n) is 15.8. The predicted octanol–water partition coefficient (Wildman–Crippen LogP) is 3.69. The maximum atomic E-state index is 12.3. The van der Waals surface area contributed by atoms with Crippen LogP contribution in [0.2, 0.25) is 0 Å². The number of rotatable bonds is 4. The fourth-order valence-electron chi connectivity index (χ4n) is 4.82. The molecule has 1 aliphatic heterocycles. The van der Waals surface area contributed by atoms with Gasteiger partial charge in [-0.25, -0.2) is 0 Å². The minimum absolute atomic E-state index is 0.229. The Labute approximate surface area is 152 Å². The largest absolute Gasteiger partial charge is 0.352 e. The number of hydrogen-bond donors (Lipinski definition) is 1. The summed E-state index contributed by atoms with van der Waals surface area (Å²) in [5.41, 5.74) is 4.62. The summed E-state index contributed by atoms with van der Waals surface area (Å²) >= 11 is 0. The smallest absolute Gasteiger partial charge is 0.223 e. The zero-order chi connectivity index (χ0) is 17.4. The Morgan fingerprint density at radius 1 is 1.16 bits per heavy atom. The van der Waals surface area contributed by atoms with Crippen LogP contribution in [0.1, 0.15) is 62.6 Å². The number of carbonyl (C=O) groups excluding carboxylic acids is 1. The molecule has 1 amide bonds. The highest BCUT2D eigenvalue weighted by Gasteiger charge is 2.40. The molecule has 0 unspecified atom stereocenters. The monoisotopic (exact) mass is 340 g/mol. The van der Waals surface area contributed by atoms with Crippen molar-refractivity contribution in [3.05, 3.63) is 34.9 Å². The van der Waals surface area contributed by atoms with E-state index in [4.69, 9.17) is 0 Å². The molecule has 1 N–H and O–H groups in total. The maximum absolute atomic E-state index is 12.3. The maximum Gasteiger partial charge on any atom is 0.223 e. The normalized spacial score (nSPS) is 23.9. The molecule has 0 atom stereocenters. The first-order valence-electron chi connectivity index (χ1n) is 10.1. The Bertz CT molecular complexity index is 639. The van der Waals surface area contributed by atoms with Gasteiger partial charge in [0.05, 0.1) is 0 Å². The molecule has 2 aliphatic carbocycles. The van der Waals surface area contributed by atoms with E-state index < -0.39 is 0 Å². The summed E-state index contributed by atoms with van der Waals surface area (Å²) in [7, 11) is 0. The fourth-order valence-corrected chi connectivity index (χ4v) is 4.82. The molecule has 3 aliphatic rings. The molecule has 4 rings (SSSR count). The van der Waals surface area contributed by atoms with Gasteiger partial charge in [0.1, 0.15) is 0 Å². The third kappa shape index (κ3) is 3.76. The summed E-state index contributed by atoms with van der Waals surface area (Å²) in [4.78, 5) is 15.0. The van der Waals surface area contributed by atoms with Gasteiger partial charge in [0.15, 0.2) is 0 Å². The van der Waals surface area contributed by atoms with E-state index in [-0.39, 0.29) is 11.8 Å². The minimum Gasteiger partial charge on any atom is -0.352 e. The minimum atomic E-state index is 0.229. The summed E-state index contributed by atoms with van der Waals surface area (Å²) in [6.45, 7) is 7.58. The number of benzene rings is 1. The van der Waals surface area contributed by atoms with Crippen LogP contribution in [-0.4, -0.2) is 29.9 Å². The van der Waals surface area contributed by atoms with E-state index in [0.717, 1.165) is 25.3 Å². The number of amides is 1. The van der Waals surface area contributed by atoms with E-state index in [1.54, 1.807) is 0 Å². The van der Waals surface area contributed by atoms with E-state index in [1.807, 2.05) is 0 Å². The number of nitrogens with one attached hydrogen (secondary N) is 1. The standard InChI is InChI=1S/C22H32N2O/c1-22(2)13-19(14-22)21(25)23-15-16-6-7-17-8-10-24(20-4-3-5-20)11-9-18(17)12-16/h6-7,12,19-20H,3-5,8-11,13-15H2,1-2H3,(H,23,25). The lowest BCUT2D eigenvalue weighted by molar-refractivity contribution is -0.131. The Balaban J connectivity index is 1.32. The molecule has 1 heterocycles. The van der Waals surface area contributed by atoms with Crippen molar-refractivity contribution in [2.24, 2.45) is 11.3 Å². The van der Waals surface area contributed by atoms with Gasteiger partial charge in [0, 0.05) is 31.6 Å². The molecule has 0 bridgehead atoms. The Morgan fingerprint density at radius 3 is 2.52 bits per heavy atom. The molecule has 2 saturated carbocycles. The molecule has 0 aromatic heterocycles. The van der Waals surface area contributed by atoms with Crippen LogP contribution < -0.4 is 5.32 Å². The van der Waals surface area contributed by atoms with Crippen molar-refractivity contribution in [3.63, 3.8) is 0 Å². The highest BCUT2D eigenvalue weighted by atomic mass is 16.1. The predicted molar refractivity (Wildman–Crippen MR) is 101 cm³/mol. The number of hydrogen-bond acceptors (Lipinski definition) is 2. The molecule has 0 radical (unpaired) electrons. The van der Waals surface area contributed by atoms with Crippen LogP contribution in [0.5, 0.6) is 0 Å². The SMILES string of the molecule is CC1(C)CC(C(=O)NCc2ccc3c(c2)CCN(C2CCC2)CC3)C1. The quantitative estimate of drug-likeness (QED) is 0.906. The molecule has 136 valence electrons. The van der Waals surface area contributed by atoms with E-state index >= 15 is 0 Å². The van der Waals surface area contributed by atoms with Gasteiger partial charge in [-0.05, 0) is 60.6 Å². The van der Waals surface area contributed by atoms with Crippen molar-refractivity contribution in [1.82, 2.24) is 10.2 Å². The highest BCUT2D eigenvalue weighted by Crippen LogP contribution is 2.44. The highest BCUT2D eigenvalue weighted by molar-refractivity contribution is 5.79. The molecule has 3 nitrogen and oxygen atoms in total. The van der Waals surface area contributed by atoms with Crippen LogP contribution in [0.25, 0.3) is 0 Å². The lowest BCUT2D eigenvalue weighted by Crippen LogP contribution is -2.42. The number of nitrogens with zero attached hydrogens (tertiary/aromatic N) is 1. The first-order chi connectivity index (χ1) is 12.0. The first kappa shape index (κ1) is 17.1. The van der Waals surface area contributed by atoms with Gasteiger partial charge in [-0.2, -0.15) is 0 Å². The van der Waals surface area contributed by atoms with Crippen LogP contribution in [0.4, 0.5) is 0 Å². The molecular formula is C22H32N2O. The topological polar surface area (TPSA) is 32.3 Å². The van der Waals surface area contributed by atoms with Gasteiger partial charge in [-0.15, -0.1) is 0 Å². The molecule has 1 aromatic carbocycles.